The molecule has 1 atom stereocenters. The number of ether oxygens (including phenoxy) is 1. The molecule has 0 saturated carbocycles. The van der Waals surface area contributed by atoms with Crippen LogP contribution in [0.3, 0.4) is 0 Å². The van der Waals surface area contributed by atoms with Crippen LogP contribution in [0.15, 0.2) is 24.3 Å². The van der Waals surface area contributed by atoms with E-state index in [1.807, 2.05) is 24.1 Å². The zero-order valence-corrected chi connectivity index (χ0v) is 10.1. The number of nitrogens with zero attached hydrogens (tertiary/aromatic N) is 1. The smallest absolute Gasteiger partial charge is 0.247 e. The van der Waals surface area contributed by atoms with Crippen LogP contribution in [-0.2, 0) is 11.2 Å². The first-order chi connectivity index (χ1) is 8.22. The quantitative estimate of drug-likeness (QED) is 0.735. The van der Waals surface area contributed by atoms with Gasteiger partial charge in [-0.15, -0.1) is 0 Å². The van der Waals surface area contributed by atoms with Crippen molar-refractivity contribution in [2.45, 2.75) is 18.9 Å². The summed E-state index contributed by atoms with van der Waals surface area (Å²) in [6.45, 7) is 0. The maximum Gasteiger partial charge on any atom is 0.247 e. The maximum absolute atomic E-state index is 11.7. The number of likely N-dealkylation sites (N-methyl/N-ethyl adjacent to an activating group) is 1. The summed E-state index contributed by atoms with van der Waals surface area (Å²) in [6, 6.07) is 6.31. The zero-order valence-electron chi connectivity index (χ0n) is 10.1. The van der Waals surface area contributed by atoms with E-state index in [-0.39, 0.29) is 11.9 Å². The third-order valence-electron chi connectivity index (χ3n) is 3.78. The summed E-state index contributed by atoms with van der Waals surface area (Å²) < 4.78 is 5.39. The maximum atomic E-state index is 11.7. The predicted octanol–water partition coefficient (Wildman–Crippen LogP) is 1.87. The fourth-order valence-electron chi connectivity index (χ4n) is 2.87. The molecule has 88 valence electrons. The van der Waals surface area contributed by atoms with Gasteiger partial charge in [0.2, 0.25) is 5.91 Å². The Bertz CT molecular complexity index is 519. The van der Waals surface area contributed by atoms with Crippen molar-refractivity contribution in [2.75, 3.05) is 14.2 Å². The average molecular weight is 229 g/mol. The SMILES string of the molecule is COc1cccc2c1CCC1C2=CC(=O)N1C. The van der Waals surface area contributed by atoms with Gasteiger partial charge in [0, 0.05) is 18.7 Å². The Morgan fingerprint density at radius 3 is 3.00 bits per heavy atom. The molecule has 0 radical (unpaired) electrons. The third-order valence-corrected chi connectivity index (χ3v) is 3.78. The van der Waals surface area contributed by atoms with Gasteiger partial charge >= 0.3 is 0 Å². The number of carbonyl (C=O) groups excluding carboxylic acids is 1. The molecule has 1 aromatic rings. The van der Waals surface area contributed by atoms with Crippen LogP contribution in [0.4, 0.5) is 0 Å². The van der Waals surface area contributed by atoms with Crippen LogP contribution in [0.25, 0.3) is 5.57 Å². The van der Waals surface area contributed by atoms with Crippen LogP contribution in [-0.4, -0.2) is 31.0 Å². The van der Waals surface area contributed by atoms with E-state index in [1.165, 1.54) is 11.1 Å². The molecule has 0 fully saturated rings. The van der Waals surface area contributed by atoms with E-state index in [2.05, 4.69) is 6.07 Å². The van der Waals surface area contributed by atoms with Crippen molar-refractivity contribution in [3.05, 3.63) is 35.4 Å². The Morgan fingerprint density at radius 2 is 2.24 bits per heavy atom. The normalized spacial score (nSPS) is 22.0. The molecule has 0 spiro atoms. The lowest BCUT2D eigenvalue weighted by Crippen LogP contribution is -2.33. The van der Waals surface area contributed by atoms with Gasteiger partial charge in [0.1, 0.15) is 5.75 Å². The number of carbonyl (C=O) groups is 1. The second kappa shape index (κ2) is 3.62. The highest BCUT2D eigenvalue weighted by Crippen LogP contribution is 2.40. The standard InChI is InChI=1S/C14H15NO2/c1-15-12-7-6-10-9(11(12)8-14(15)16)4-3-5-13(10)17-2/h3-5,8,12H,6-7H2,1-2H3. The molecule has 1 aromatic carbocycles. The molecule has 0 bridgehead atoms. The molecule has 0 saturated heterocycles. The fourth-order valence-corrected chi connectivity index (χ4v) is 2.87. The molecule has 17 heavy (non-hydrogen) atoms. The van der Waals surface area contributed by atoms with Crippen LogP contribution in [0.2, 0.25) is 0 Å². The molecule has 1 aliphatic heterocycles. The number of methoxy groups -OCH3 is 1. The van der Waals surface area contributed by atoms with Crippen LogP contribution < -0.4 is 4.74 Å². The molecular formula is C14H15NO2. The van der Waals surface area contributed by atoms with Crippen molar-refractivity contribution in [3.63, 3.8) is 0 Å². The minimum atomic E-state index is 0.112. The van der Waals surface area contributed by atoms with Crippen molar-refractivity contribution in [3.8, 4) is 5.75 Å². The minimum absolute atomic E-state index is 0.112. The summed E-state index contributed by atoms with van der Waals surface area (Å²) in [5.74, 6) is 1.05. The first-order valence-electron chi connectivity index (χ1n) is 5.87. The number of benzene rings is 1. The highest BCUT2D eigenvalue weighted by molar-refractivity contribution is 6.02. The Morgan fingerprint density at radius 1 is 1.41 bits per heavy atom. The summed E-state index contributed by atoms with van der Waals surface area (Å²) in [5, 5.41) is 0. The summed E-state index contributed by atoms with van der Waals surface area (Å²) in [7, 11) is 3.57. The molecule has 1 heterocycles. The highest BCUT2D eigenvalue weighted by atomic mass is 16.5. The summed E-state index contributed by atoms with van der Waals surface area (Å²) >= 11 is 0. The van der Waals surface area contributed by atoms with Crippen LogP contribution in [0.5, 0.6) is 5.75 Å². The largest absolute Gasteiger partial charge is 0.496 e. The van der Waals surface area contributed by atoms with E-state index >= 15 is 0 Å². The summed E-state index contributed by atoms with van der Waals surface area (Å²) in [6.07, 6.45) is 3.72. The lowest BCUT2D eigenvalue weighted by atomic mass is 9.84. The Kier molecular flexibility index (Phi) is 2.21. The Hall–Kier alpha value is -1.77. The highest BCUT2D eigenvalue weighted by Gasteiger charge is 2.35. The number of hydrogen-bond acceptors (Lipinski definition) is 2. The van der Waals surface area contributed by atoms with Gasteiger partial charge in [-0.3, -0.25) is 4.79 Å². The van der Waals surface area contributed by atoms with E-state index in [1.54, 1.807) is 13.2 Å². The number of amides is 1. The zero-order chi connectivity index (χ0) is 12.0. The third kappa shape index (κ3) is 1.38. The fraction of sp³-hybridized carbons (Fsp3) is 0.357. The van der Waals surface area contributed by atoms with Crippen molar-refractivity contribution < 1.29 is 9.53 Å². The average Bonchev–Trinajstić information content (AvgIpc) is 2.65. The van der Waals surface area contributed by atoms with Crippen molar-refractivity contribution in [1.29, 1.82) is 0 Å². The van der Waals surface area contributed by atoms with Crippen molar-refractivity contribution in [2.24, 2.45) is 0 Å². The van der Waals surface area contributed by atoms with Gasteiger partial charge in [-0.05, 0) is 30.0 Å². The molecule has 1 aliphatic carbocycles. The topological polar surface area (TPSA) is 29.5 Å². The number of rotatable bonds is 1. The van der Waals surface area contributed by atoms with Gasteiger partial charge in [0.05, 0.1) is 13.2 Å². The van der Waals surface area contributed by atoms with Crippen LogP contribution in [0.1, 0.15) is 17.5 Å². The molecule has 3 nitrogen and oxygen atoms in total. The molecule has 1 amide bonds. The molecule has 3 rings (SSSR count). The summed E-state index contributed by atoms with van der Waals surface area (Å²) in [4.78, 5) is 13.6. The Balaban J connectivity index is 2.14. The first-order valence-corrected chi connectivity index (χ1v) is 5.87. The van der Waals surface area contributed by atoms with Crippen LogP contribution in [0, 0.1) is 0 Å². The molecule has 0 N–H and O–H groups in total. The van der Waals surface area contributed by atoms with E-state index in [0.29, 0.717) is 0 Å². The Labute approximate surface area is 101 Å². The van der Waals surface area contributed by atoms with Gasteiger partial charge in [-0.25, -0.2) is 0 Å². The minimum Gasteiger partial charge on any atom is -0.496 e. The summed E-state index contributed by atoms with van der Waals surface area (Å²) in [5.41, 5.74) is 3.57. The second-order valence-corrected chi connectivity index (χ2v) is 4.59. The molecule has 3 heteroatoms. The van der Waals surface area contributed by atoms with E-state index in [4.69, 9.17) is 4.74 Å². The predicted molar refractivity (Wildman–Crippen MR) is 65.9 cm³/mol. The monoisotopic (exact) mass is 229 g/mol. The van der Waals surface area contributed by atoms with Gasteiger partial charge < -0.3 is 9.64 Å². The number of fused-ring (bicyclic) bond motifs is 3. The van der Waals surface area contributed by atoms with E-state index in [9.17, 15) is 4.79 Å². The molecule has 0 aromatic heterocycles. The van der Waals surface area contributed by atoms with E-state index < -0.39 is 0 Å². The van der Waals surface area contributed by atoms with Gasteiger partial charge in [-0.2, -0.15) is 0 Å². The second-order valence-electron chi connectivity index (χ2n) is 4.59. The number of hydrogen-bond donors (Lipinski definition) is 0. The van der Waals surface area contributed by atoms with E-state index in [0.717, 1.165) is 24.2 Å². The molecular weight excluding hydrogens is 214 g/mol. The first kappa shape index (κ1) is 10.4. The molecule has 1 unspecified atom stereocenters. The van der Waals surface area contributed by atoms with Gasteiger partial charge in [-0.1, -0.05) is 12.1 Å². The van der Waals surface area contributed by atoms with Crippen molar-refractivity contribution >= 4 is 11.5 Å². The lowest BCUT2D eigenvalue weighted by molar-refractivity contribution is -0.124. The van der Waals surface area contributed by atoms with Crippen LogP contribution >= 0.6 is 0 Å². The van der Waals surface area contributed by atoms with Gasteiger partial charge in [0.15, 0.2) is 0 Å². The van der Waals surface area contributed by atoms with Crippen molar-refractivity contribution in [1.82, 2.24) is 4.90 Å². The molecule has 2 aliphatic rings. The lowest BCUT2D eigenvalue weighted by Gasteiger charge is -2.29. The van der Waals surface area contributed by atoms with Gasteiger partial charge in [0.25, 0.3) is 0 Å².